The molecule has 0 atom stereocenters. The molecule has 3 heterocycles. The number of ether oxygens (including phenoxy) is 1. The lowest BCUT2D eigenvalue weighted by atomic mass is 9.74. The van der Waals surface area contributed by atoms with Crippen molar-refractivity contribution in [2.45, 2.75) is 6.42 Å². The van der Waals surface area contributed by atoms with Crippen LogP contribution < -0.4 is 10.5 Å². The molecule has 0 saturated carbocycles. The number of hydrogen-bond acceptors (Lipinski definition) is 5. The minimum absolute atomic E-state index is 0.0219. The van der Waals surface area contributed by atoms with Gasteiger partial charge >= 0.3 is 0 Å². The normalized spacial score (nSPS) is 18.8. The molecule has 4 rings (SSSR count). The fourth-order valence-corrected chi connectivity index (χ4v) is 3.78. The number of likely N-dealkylation sites (tertiary alicyclic amines) is 1. The second kappa shape index (κ2) is 4.46. The number of amides is 1. The van der Waals surface area contributed by atoms with Gasteiger partial charge in [-0.1, -0.05) is 29.5 Å². The number of nitrogens with two attached hydrogens (primary N) is 1. The lowest BCUT2D eigenvalue weighted by Crippen LogP contribution is -2.62. The number of carbonyl (C=O) groups is 1. The maximum absolute atomic E-state index is 12.3. The number of aromatic nitrogens is 1. The quantitative estimate of drug-likeness (QED) is 0.872. The Morgan fingerprint density at radius 3 is 2.95 bits per heavy atom. The van der Waals surface area contributed by atoms with Crippen LogP contribution in [0.5, 0.6) is 5.75 Å². The highest BCUT2D eigenvalue weighted by Gasteiger charge is 2.48. The SMILES string of the molecule is Nc1ncc(C(=O)N2CC3(COc4ccccc4C3)C2)s1. The molecule has 1 saturated heterocycles. The molecule has 2 aromatic rings. The van der Waals surface area contributed by atoms with Crippen LogP contribution in [0, 0.1) is 5.41 Å². The summed E-state index contributed by atoms with van der Waals surface area (Å²) in [4.78, 5) is 18.7. The molecular weight excluding hydrogens is 286 g/mol. The summed E-state index contributed by atoms with van der Waals surface area (Å²) in [5.74, 6) is 0.997. The van der Waals surface area contributed by atoms with E-state index in [1.165, 1.54) is 16.9 Å². The number of rotatable bonds is 1. The minimum atomic E-state index is 0.0219. The van der Waals surface area contributed by atoms with E-state index in [9.17, 15) is 4.79 Å². The maximum atomic E-state index is 12.3. The first kappa shape index (κ1) is 12.6. The molecule has 6 heteroatoms. The largest absolute Gasteiger partial charge is 0.493 e. The van der Waals surface area contributed by atoms with E-state index >= 15 is 0 Å². The molecule has 2 N–H and O–H groups in total. The number of carbonyl (C=O) groups excluding carboxylic acids is 1. The lowest BCUT2D eigenvalue weighted by Gasteiger charge is -2.51. The topological polar surface area (TPSA) is 68.5 Å². The van der Waals surface area contributed by atoms with E-state index in [4.69, 9.17) is 10.5 Å². The van der Waals surface area contributed by atoms with Crippen molar-refractivity contribution in [1.29, 1.82) is 0 Å². The standard InChI is InChI=1S/C15H15N3O2S/c16-14-17-6-12(21-14)13(19)18-7-15(8-18)5-10-3-1-2-4-11(10)20-9-15/h1-4,6H,5,7-9H2,(H2,16,17). The first-order valence-corrected chi connectivity index (χ1v) is 7.68. The zero-order chi connectivity index (χ0) is 14.4. The predicted molar refractivity (Wildman–Crippen MR) is 80.5 cm³/mol. The second-order valence-corrected chi connectivity index (χ2v) is 6.86. The van der Waals surface area contributed by atoms with Crippen molar-refractivity contribution in [3.05, 3.63) is 40.9 Å². The Labute approximate surface area is 126 Å². The number of hydrogen-bond donors (Lipinski definition) is 1. The van der Waals surface area contributed by atoms with Gasteiger partial charge in [-0.3, -0.25) is 4.79 Å². The highest BCUT2D eigenvalue weighted by molar-refractivity contribution is 7.17. The third-order valence-electron chi connectivity index (χ3n) is 4.15. The van der Waals surface area contributed by atoms with Crippen molar-refractivity contribution in [2.24, 2.45) is 5.41 Å². The zero-order valence-electron chi connectivity index (χ0n) is 11.4. The molecule has 1 aromatic heterocycles. The smallest absolute Gasteiger partial charge is 0.265 e. The lowest BCUT2D eigenvalue weighted by molar-refractivity contribution is -0.0288. The molecule has 1 fully saturated rings. The van der Waals surface area contributed by atoms with Crippen LogP contribution >= 0.6 is 11.3 Å². The van der Waals surface area contributed by atoms with E-state index in [1.54, 1.807) is 6.20 Å². The van der Waals surface area contributed by atoms with Gasteiger partial charge in [0.15, 0.2) is 5.13 Å². The third-order valence-corrected chi connectivity index (χ3v) is 4.96. The molecule has 0 aliphatic carbocycles. The Hall–Kier alpha value is -2.08. The molecule has 1 aromatic carbocycles. The van der Waals surface area contributed by atoms with Gasteiger partial charge in [0.05, 0.1) is 12.8 Å². The number of nitrogens with zero attached hydrogens (tertiary/aromatic N) is 2. The molecule has 1 spiro atoms. The van der Waals surface area contributed by atoms with Crippen LogP contribution in [0.1, 0.15) is 15.2 Å². The van der Waals surface area contributed by atoms with E-state index in [2.05, 4.69) is 11.1 Å². The zero-order valence-corrected chi connectivity index (χ0v) is 12.2. The van der Waals surface area contributed by atoms with Crippen LogP contribution in [0.15, 0.2) is 30.5 Å². The van der Waals surface area contributed by atoms with Gasteiger partial charge in [-0.05, 0) is 18.1 Å². The third kappa shape index (κ3) is 2.06. The second-order valence-electron chi connectivity index (χ2n) is 5.80. The van der Waals surface area contributed by atoms with Gasteiger partial charge in [0, 0.05) is 18.5 Å². The average Bonchev–Trinajstić information content (AvgIpc) is 2.90. The van der Waals surface area contributed by atoms with Crippen LogP contribution in [0.2, 0.25) is 0 Å². The van der Waals surface area contributed by atoms with Gasteiger partial charge < -0.3 is 15.4 Å². The Morgan fingerprint density at radius 1 is 1.38 bits per heavy atom. The summed E-state index contributed by atoms with van der Waals surface area (Å²) in [5.41, 5.74) is 6.89. The number of nitrogen functional groups attached to an aromatic ring is 1. The maximum Gasteiger partial charge on any atom is 0.265 e. The van der Waals surface area contributed by atoms with Crippen molar-refractivity contribution in [3.63, 3.8) is 0 Å². The highest BCUT2D eigenvalue weighted by atomic mass is 32.1. The van der Waals surface area contributed by atoms with Crippen LogP contribution in [-0.2, 0) is 6.42 Å². The van der Waals surface area contributed by atoms with Crippen molar-refractivity contribution in [3.8, 4) is 5.75 Å². The number of thiazole rings is 1. The summed E-state index contributed by atoms with van der Waals surface area (Å²) in [7, 11) is 0. The molecule has 2 aliphatic rings. The fourth-order valence-electron chi connectivity index (χ4n) is 3.13. The number of fused-ring (bicyclic) bond motifs is 1. The van der Waals surface area contributed by atoms with Gasteiger partial charge in [-0.2, -0.15) is 0 Å². The van der Waals surface area contributed by atoms with Gasteiger partial charge in [-0.25, -0.2) is 4.98 Å². The van der Waals surface area contributed by atoms with Gasteiger partial charge in [0.25, 0.3) is 5.91 Å². The first-order chi connectivity index (χ1) is 10.2. The summed E-state index contributed by atoms with van der Waals surface area (Å²) in [5, 5.41) is 0.434. The number of para-hydroxylation sites is 1. The van der Waals surface area contributed by atoms with Crippen molar-refractivity contribution >= 4 is 22.4 Å². The van der Waals surface area contributed by atoms with Crippen LogP contribution in [-0.4, -0.2) is 35.5 Å². The summed E-state index contributed by atoms with van der Waals surface area (Å²) >= 11 is 1.24. The van der Waals surface area contributed by atoms with E-state index < -0.39 is 0 Å². The minimum Gasteiger partial charge on any atom is -0.493 e. The monoisotopic (exact) mass is 301 g/mol. The average molecular weight is 301 g/mol. The summed E-state index contributed by atoms with van der Waals surface area (Å²) in [6.07, 6.45) is 2.53. The van der Waals surface area contributed by atoms with Crippen molar-refractivity contribution in [2.75, 3.05) is 25.4 Å². The molecule has 0 radical (unpaired) electrons. The van der Waals surface area contributed by atoms with Gasteiger partial charge in [0.1, 0.15) is 10.6 Å². The molecule has 5 nitrogen and oxygen atoms in total. The molecule has 2 aliphatic heterocycles. The van der Waals surface area contributed by atoms with Crippen LogP contribution in [0.4, 0.5) is 5.13 Å². The molecule has 1 amide bonds. The molecular formula is C15H15N3O2S. The Kier molecular flexibility index (Phi) is 2.68. The highest BCUT2D eigenvalue weighted by Crippen LogP contribution is 2.41. The molecule has 21 heavy (non-hydrogen) atoms. The molecule has 0 unspecified atom stereocenters. The van der Waals surface area contributed by atoms with Crippen molar-refractivity contribution in [1.82, 2.24) is 9.88 Å². The van der Waals surface area contributed by atoms with Crippen LogP contribution in [0.3, 0.4) is 0 Å². The van der Waals surface area contributed by atoms with Crippen LogP contribution in [0.25, 0.3) is 0 Å². The van der Waals surface area contributed by atoms with E-state index in [0.29, 0.717) is 16.6 Å². The molecule has 108 valence electrons. The number of benzene rings is 1. The van der Waals surface area contributed by atoms with E-state index in [1.807, 2.05) is 23.1 Å². The first-order valence-electron chi connectivity index (χ1n) is 6.87. The summed E-state index contributed by atoms with van der Waals surface area (Å²) in [6, 6.07) is 8.12. The Morgan fingerprint density at radius 2 is 2.19 bits per heavy atom. The Bertz CT molecular complexity index is 706. The summed E-state index contributed by atoms with van der Waals surface area (Å²) < 4.78 is 5.85. The Balaban J connectivity index is 1.47. The number of anilines is 1. The fraction of sp³-hybridized carbons (Fsp3) is 0.333. The van der Waals surface area contributed by atoms with E-state index in [0.717, 1.165) is 25.3 Å². The summed E-state index contributed by atoms with van der Waals surface area (Å²) in [6.45, 7) is 2.15. The van der Waals surface area contributed by atoms with E-state index in [-0.39, 0.29) is 11.3 Å². The molecule has 0 bridgehead atoms. The van der Waals surface area contributed by atoms with Crippen molar-refractivity contribution < 1.29 is 9.53 Å². The van der Waals surface area contributed by atoms with Gasteiger partial charge in [0.2, 0.25) is 0 Å². The predicted octanol–water partition coefficient (Wildman–Crippen LogP) is 1.80. The van der Waals surface area contributed by atoms with Gasteiger partial charge in [-0.15, -0.1) is 0 Å².